The van der Waals surface area contributed by atoms with Crippen molar-refractivity contribution < 1.29 is 22.8 Å². The minimum atomic E-state index is -4.41. The van der Waals surface area contributed by atoms with Gasteiger partial charge in [0.05, 0.1) is 11.6 Å². The molecule has 0 saturated carbocycles. The van der Waals surface area contributed by atoms with Crippen molar-refractivity contribution in [3.63, 3.8) is 0 Å². The standard InChI is InChI=1S/C22H25F3N2O2/c1-13(2)19(27-20(28)18-8-6-5-7-14(18)3)21(29)26-15(4)16-9-11-17(12-10-16)22(23,24)25/h5-13,15,19H,1-4H3,(H,26,29)(H,27,28)/t15-,19-/m0/s1. The van der Waals surface area contributed by atoms with Crippen LogP contribution in [0.15, 0.2) is 48.5 Å². The van der Waals surface area contributed by atoms with Gasteiger partial charge in [0.1, 0.15) is 6.04 Å². The largest absolute Gasteiger partial charge is 0.416 e. The summed E-state index contributed by atoms with van der Waals surface area (Å²) in [6.45, 7) is 7.11. The highest BCUT2D eigenvalue weighted by Crippen LogP contribution is 2.29. The lowest BCUT2D eigenvalue weighted by molar-refractivity contribution is -0.137. The van der Waals surface area contributed by atoms with Gasteiger partial charge in [-0.2, -0.15) is 13.2 Å². The van der Waals surface area contributed by atoms with Crippen molar-refractivity contribution in [3.8, 4) is 0 Å². The van der Waals surface area contributed by atoms with Gasteiger partial charge in [0, 0.05) is 5.56 Å². The first-order valence-electron chi connectivity index (χ1n) is 9.34. The second-order valence-corrected chi connectivity index (χ2v) is 7.36. The predicted octanol–water partition coefficient (Wildman–Crippen LogP) is 4.65. The normalized spacial score (nSPS) is 13.7. The molecular formula is C22H25F3N2O2. The molecular weight excluding hydrogens is 381 g/mol. The van der Waals surface area contributed by atoms with Gasteiger partial charge in [-0.15, -0.1) is 0 Å². The third-order valence-corrected chi connectivity index (χ3v) is 4.72. The van der Waals surface area contributed by atoms with Crippen molar-refractivity contribution in [2.75, 3.05) is 0 Å². The molecule has 29 heavy (non-hydrogen) atoms. The van der Waals surface area contributed by atoms with Crippen molar-refractivity contribution in [2.24, 2.45) is 5.92 Å². The van der Waals surface area contributed by atoms with Gasteiger partial charge in [0.25, 0.3) is 5.91 Å². The minimum Gasteiger partial charge on any atom is -0.348 e. The number of hydrogen-bond acceptors (Lipinski definition) is 2. The molecule has 2 N–H and O–H groups in total. The van der Waals surface area contributed by atoms with Crippen LogP contribution in [-0.2, 0) is 11.0 Å². The van der Waals surface area contributed by atoms with Gasteiger partial charge < -0.3 is 10.6 Å². The Morgan fingerprint density at radius 2 is 1.48 bits per heavy atom. The van der Waals surface area contributed by atoms with Crippen LogP contribution in [0.5, 0.6) is 0 Å². The first kappa shape index (κ1) is 22.5. The van der Waals surface area contributed by atoms with Crippen LogP contribution in [0.2, 0.25) is 0 Å². The average Bonchev–Trinajstić information content (AvgIpc) is 2.65. The lowest BCUT2D eigenvalue weighted by atomic mass is 10.0. The molecule has 2 aromatic rings. The Morgan fingerprint density at radius 1 is 0.897 bits per heavy atom. The summed E-state index contributed by atoms with van der Waals surface area (Å²) < 4.78 is 38.1. The molecule has 0 heterocycles. The van der Waals surface area contributed by atoms with Crippen LogP contribution in [0.1, 0.15) is 53.9 Å². The molecule has 0 spiro atoms. The van der Waals surface area contributed by atoms with Gasteiger partial charge in [-0.1, -0.05) is 44.2 Å². The number of hydrogen-bond donors (Lipinski definition) is 2. The predicted molar refractivity (Wildman–Crippen MR) is 105 cm³/mol. The van der Waals surface area contributed by atoms with Crippen molar-refractivity contribution in [1.29, 1.82) is 0 Å². The van der Waals surface area contributed by atoms with E-state index in [1.54, 1.807) is 19.1 Å². The van der Waals surface area contributed by atoms with Crippen LogP contribution in [-0.4, -0.2) is 17.9 Å². The highest BCUT2D eigenvalue weighted by Gasteiger charge is 2.30. The maximum absolute atomic E-state index is 12.7. The number of alkyl halides is 3. The molecule has 0 aliphatic rings. The summed E-state index contributed by atoms with van der Waals surface area (Å²) >= 11 is 0. The van der Waals surface area contributed by atoms with E-state index >= 15 is 0 Å². The van der Waals surface area contributed by atoms with Crippen LogP contribution in [0.4, 0.5) is 13.2 Å². The molecule has 0 aliphatic heterocycles. The van der Waals surface area contributed by atoms with Crippen LogP contribution in [0.25, 0.3) is 0 Å². The van der Waals surface area contributed by atoms with Gasteiger partial charge in [-0.3, -0.25) is 9.59 Å². The smallest absolute Gasteiger partial charge is 0.348 e. The fraction of sp³-hybridized carbons (Fsp3) is 0.364. The van der Waals surface area contributed by atoms with Crippen molar-refractivity contribution in [3.05, 3.63) is 70.8 Å². The molecule has 156 valence electrons. The zero-order chi connectivity index (χ0) is 21.8. The molecule has 0 radical (unpaired) electrons. The zero-order valence-corrected chi connectivity index (χ0v) is 16.8. The monoisotopic (exact) mass is 406 g/mol. The van der Waals surface area contributed by atoms with E-state index in [0.29, 0.717) is 11.1 Å². The number of amides is 2. The molecule has 2 aromatic carbocycles. The molecule has 0 aliphatic carbocycles. The van der Waals surface area contributed by atoms with Crippen molar-refractivity contribution in [1.82, 2.24) is 10.6 Å². The van der Waals surface area contributed by atoms with E-state index in [1.807, 2.05) is 32.9 Å². The molecule has 2 atom stereocenters. The molecule has 0 aromatic heterocycles. The number of carbonyl (C=O) groups is 2. The Hall–Kier alpha value is -2.83. The summed E-state index contributed by atoms with van der Waals surface area (Å²) in [4.78, 5) is 25.3. The Balaban J connectivity index is 2.09. The minimum absolute atomic E-state index is 0.178. The molecule has 2 rings (SSSR count). The zero-order valence-electron chi connectivity index (χ0n) is 16.8. The summed E-state index contributed by atoms with van der Waals surface area (Å²) in [5.41, 5.74) is 1.08. The first-order valence-corrected chi connectivity index (χ1v) is 9.34. The van der Waals surface area contributed by atoms with E-state index in [2.05, 4.69) is 10.6 Å². The first-order chi connectivity index (χ1) is 13.5. The number of carbonyl (C=O) groups excluding carboxylic acids is 2. The summed E-state index contributed by atoms with van der Waals surface area (Å²) in [7, 11) is 0. The van der Waals surface area contributed by atoms with Crippen molar-refractivity contribution in [2.45, 2.75) is 46.0 Å². The van der Waals surface area contributed by atoms with Gasteiger partial charge in [-0.25, -0.2) is 0 Å². The molecule has 0 saturated heterocycles. The van der Waals surface area contributed by atoms with E-state index in [9.17, 15) is 22.8 Å². The highest BCUT2D eigenvalue weighted by atomic mass is 19.4. The van der Waals surface area contributed by atoms with Gasteiger partial charge in [0.15, 0.2) is 0 Å². The van der Waals surface area contributed by atoms with Gasteiger partial charge in [0.2, 0.25) is 5.91 Å². The lowest BCUT2D eigenvalue weighted by Gasteiger charge is -2.24. The second-order valence-electron chi connectivity index (χ2n) is 7.36. The van der Waals surface area contributed by atoms with Gasteiger partial charge in [-0.05, 0) is 49.1 Å². The second kappa shape index (κ2) is 9.11. The van der Waals surface area contributed by atoms with Crippen LogP contribution in [0, 0.1) is 12.8 Å². The van der Waals surface area contributed by atoms with Gasteiger partial charge >= 0.3 is 6.18 Å². The Kier molecular flexibility index (Phi) is 7.06. The Labute approximate surface area is 168 Å². The maximum Gasteiger partial charge on any atom is 0.416 e. The fourth-order valence-electron chi connectivity index (χ4n) is 2.93. The van der Waals surface area contributed by atoms with Crippen LogP contribution in [0.3, 0.4) is 0 Å². The lowest BCUT2D eigenvalue weighted by Crippen LogP contribution is -2.50. The number of rotatable bonds is 6. The maximum atomic E-state index is 12.7. The quantitative estimate of drug-likeness (QED) is 0.734. The van der Waals surface area contributed by atoms with Crippen LogP contribution >= 0.6 is 0 Å². The molecule has 0 bridgehead atoms. The summed E-state index contributed by atoms with van der Waals surface area (Å²) in [5.74, 6) is -0.920. The third-order valence-electron chi connectivity index (χ3n) is 4.72. The van der Waals surface area contributed by atoms with E-state index in [4.69, 9.17) is 0 Å². The summed E-state index contributed by atoms with van der Waals surface area (Å²) in [6.07, 6.45) is -4.41. The van der Waals surface area contributed by atoms with E-state index in [-0.39, 0.29) is 11.8 Å². The molecule has 4 nitrogen and oxygen atoms in total. The number of nitrogens with one attached hydrogen (secondary N) is 2. The molecule has 0 fully saturated rings. The van der Waals surface area contributed by atoms with E-state index < -0.39 is 29.7 Å². The number of benzene rings is 2. The topological polar surface area (TPSA) is 58.2 Å². The molecule has 0 unspecified atom stereocenters. The molecule has 7 heteroatoms. The summed E-state index contributed by atoms with van der Waals surface area (Å²) in [5, 5.41) is 5.53. The number of halogens is 3. The van der Waals surface area contributed by atoms with E-state index in [0.717, 1.165) is 17.7 Å². The Morgan fingerprint density at radius 3 is 2.00 bits per heavy atom. The average molecular weight is 406 g/mol. The molecule has 2 amide bonds. The SMILES string of the molecule is Cc1ccccc1C(=O)N[C@H](C(=O)N[C@@H](C)c1ccc(C(F)(F)F)cc1)C(C)C. The third kappa shape index (κ3) is 5.82. The van der Waals surface area contributed by atoms with Crippen LogP contribution < -0.4 is 10.6 Å². The van der Waals surface area contributed by atoms with E-state index in [1.165, 1.54) is 12.1 Å². The highest BCUT2D eigenvalue weighted by molar-refractivity contribution is 5.98. The summed E-state index contributed by atoms with van der Waals surface area (Å²) in [6, 6.07) is 10.4. The Bertz CT molecular complexity index is 861. The van der Waals surface area contributed by atoms with Crippen molar-refractivity contribution >= 4 is 11.8 Å². The fourth-order valence-corrected chi connectivity index (χ4v) is 2.93. The number of aryl methyl sites for hydroxylation is 1.